The highest BCUT2D eigenvalue weighted by Crippen LogP contribution is 2.41. The third-order valence-corrected chi connectivity index (χ3v) is 11.1. The van der Waals surface area contributed by atoms with Crippen LogP contribution in [0, 0.1) is 5.92 Å². The zero-order valence-electron chi connectivity index (χ0n) is 37.1. The highest BCUT2D eigenvalue weighted by molar-refractivity contribution is 7.20. The number of nitrogens with zero attached hydrogens (tertiary/aromatic N) is 2. The van der Waals surface area contributed by atoms with Crippen molar-refractivity contribution < 1.29 is 110 Å². The van der Waals surface area contributed by atoms with Gasteiger partial charge < -0.3 is 0 Å². The summed E-state index contributed by atoms with van der Waals surface area (Å²) < 4.78 is 343. The summed E-state index contributed by atoms with van der Waals surface area (Å²) in [7, 11) is 0. The molecule has 0 bridgehead atoms. The molecule has 2 nitrogen and oxygen atoms in total. The van der Waals surface area contributed by atoms with Gasteiger partial charge in [0.2, 0.25) is 0 Å². The summed E-state index contributed by atoms with van der Waals surface area (Å²) in [6.07, 6.45) is -47.7. The number of benzene rings is 5. The summed E-state index contributed by atoms with van der Waals surface area (Å²) in [5.41, 5.74) is -27.7. The molecule has 0 aliphatic carbocycles. The minimum Gasteiger partial charge on any atom is -0.249 e. The molecule has 0 spiro atoms. The van der Waals surface area contributed by atoms with Gasteiger partial charge in [0.1, 0.15) is 11.8 Å². The smallest absolute Gasteiger partial charge is 0.249 e. The van der Waals surface area contributed by atoms with Crippen LogP contribution < -0.4 is 26.4 Å². The van der Waals surface area contributed by atoms with Gasteiger partial charge in [-0.2, -0.15) is 132 Å². The Balaban J connectivity index is 0.000000500. The van der Waals surface area contributed by atoms with Crippen molar-refractivity contribution in [3.63, 3.8) is 0 Å². The second-order valence-corrected chi connectivity index (χ2v) is 17.0. The first-order valence-corrected chi connectivity index (χ1v) is 20.7. The fourth-order valence-electron chi connectivity index (χ4n) is 7.97. The highest BCUT2D eigenvalue weighted by Gasteiger charge is 2.47. The lowest BCUT2D eigenvalue weighted by molar-refractivity contribution is -0.689. The predicted molar refractivity (Wildman–Crippen MR) is 219 cm³/mol. The van der Waals surface area contributed by atoms with Crippen molar-refractivity contribution in [2.75, 3.05) is 0 Å². The molecule has 0 atom stereocenters. The first-order valence-electron chi connectivity index (χ1n) is 20.7. The zero-order valence-corrected chi connectivity index (χ0v) is 37.1. The highest BCUT2D eigenvalue weighted by atomic mass is 19.4. The van der Waals surface area contributed by atoms with Gasteiger partial charge in [-0.25, -0.2) is 4.98 Å². The number of alkyl halides is 24. The minimum absolute atomic E-state index is 0.648. The van der Waals surface area contributed by atoms with E-state index in [0.717, 1.165) is 13.0 Å². The van der Waals surface area contributed by atoms with Gasteiger partial charge in [-0.3, -0.25) is 0 Å². The topological polar surface area (TPSA) is 16.8 Å². The van der Waals surface area contributed by atoms with Crippen LogP contribution in [0.4, 0.5) is 105 Å². The average Bonchev–Trinajstić information content (AvgIpc) is 3.24. The summed E-state index contributed by atoms with van der Waals surface area (Å²) in [6.45, 7) is 5.35. The van der Waals surface area contributed by atoms with Crippen LogP contribution in [0.15, 0.2) is 122 Å². The number of rotatable bonds is 8. The van der Waals surface area contributed by atoms with E-state index in [9.17, 15) is 105 Å². The lowest BCUT2D eigenvalue weighted by Gasteiger charge is -2.46. The molecular formula is C47H31BF24N2. The summed E-state index contributed by atoms with van der Waals surface area (Å²) in [5, 5.41) is 0. The van der Waals surface area contributed by atoms with Gasteiger partial charge in [0.05, 0.1) is 50.7 Å². The van der Waals surface area contributed by atoms with Gasteiger partial charge in [-0.15, -0.1) is 0 Å². The Morgan fingerprint density at radius 1 is 0.392 bits per heavy atom. The Kier molecular flexibility index (Phi) is 16.1. The Morgan fingerprint density at radius 2 is 0.649 bits per heavy atom. The first-order chi connectivity index (χ1) is 33.5. The van der Waals surface area contributed by atoms with Gasteiger partial charge in [0, 0.05) is 5.56 Å². The van der Waals surface area contributed by atoms with E-state index >= 15 is 0 Å². The summed E-state index contributed by atoms with van der Waals surface area (Å²) in [4.78, 5) is 4.40. The lowest BCUT2D eigenvalue weighted by Crippen LogP contribution is -2.75. The molecule has 0 aliphatic heterocycles. The van der Waals surface area contributed by atoms with E-state index in [1.54, 1.807) is 0 Å². The maximum Gasteiger partial charge on any atom is 0.416 e. The fraction of sp³-hybridized carbons (Fsp3) is 0.277. The second-order valence-electron chi connectivity index (χ2n) is 17.0. The Hall–Kier alpha value is -6.44. The molecule has 400 valence electrons. The van der Waals surface area contributed by atoms with Crippen molar-refractivity contribution in [1.82, 2.24) is 4.98 Å². The minimum atomic E-state index is -6.13. The Bertz CT molecular complexity index is 2480. The van der Waals surface area contributed by atoms with Gasteiger partial charge >= 0.3 is 49.4 Å². The molecule has 27 heteroatoms. The third kappa shape index (κ3) is 14.0. The molecule has 0 saturated heterocycles. The second kappa shape index (κ2) is 20.4. The molecule has 5 aromatic carbocycles. The normalized spacial score (nSPS) is 13.5. The van der Waals surface area contributed by atoms with Crippen molar-refractivity contribution in [2.45, 2.75) is 76.2 Å². The summed E-state index contributed by atoms with van der Waals surface area (Å²) in [5.74, 6) is 0.648. The van der Waals surface area contributed by atoms with Gasteiger partial charge in [0.15, 0.2) is 18.9 Å². The largest absolute Gasteiger partial charge is 0.416 e. The van der Waals surface area contributed by atoms with E-state index < -0.39 is 195 Å². The molecule has 0 saturated carbocycles. The molecule has 1 aromatic heterocycles. The molecular weight excluding hydrogens is 1060 g/mol. The van der Waals surface area contributed by atoms with E-state index in [1.165, 1.54) is 11.3 Å². The van der Waals surface area contributed by atoms with Crippen molar-refractivity contribution in [3.8, 4) is 0 Å². The number of hydrogen-bond donors (Lipinski definition) is 0. The van der Waals surface area contributed by atoms with Crippen molar-refractivity contribution in [3.05, 3.63) is 177 Å². The quantitative estimate of drug-likeness (QED) is 0.0843. The van der Waals surface area contributed by atoms with Gasteiger partial charge in [0.25, 0.3) is 0 Å². The van der Waals surface area contributed by atoms with E-state index in [2.05, 4.69) is 53.9 Å². The van der Waals surface area contributed by atoms with Gasteiger partial charge in [-0.1, -0.05) is 92.7 Å². The van der Waals surface area contributed by atoms with Crippen LogP contribution in [-0.2, 0) is 62.4 Å². The van der Waals surface area contributed by atoms with Crippen molar-refractivity contribution in [2.24, 2.45) is 5.92 Å². The monoisotopic (exact) mass is 1090 g/mol. The fourth-order valence-corrected chi connectivity index (χ4v) is 7.97. The SMILES string of the molecule is CC(C)Cc1c[n+](Cc2ccccc2)ccn1.FC(F)(F)c1cc([B-](c2cc(C(F)(F)F)cc(C(F)(F)F)c2)(c2cc(C(F)(F)F)cc(C(F)(F)F)c2)c2cc(C(F)(F)F)cc(C(F)(F)F)c2)cc(C(F)(F)F)c1. The van der Waals surface area contributed by atoms with Crippen LogP contribution >= 0.6 is 0 Å². The maximum atomic E-state index is 14.2. The number of hydrogen-bond acceptors (Lipinski definition) is 1. The molecule has 1 heterocycles. The van der Waals surface area contributed by atoms with Crippen LogP contribution in [0.2, 0.25) is 0 Å². The van der Waals surface area contributed by atoms with Crippen LogP contribution in [-0.4, -0.2) is 11.1 Å². The van der Waals surface area contributed by atoms with E-state index in [0.29, 0.717) is 5.92 Å². The van der Waals surface area contributed by atoms with Crippen LogP contribution in [0.1, 0.15) is 69.6 Å². The van der Waals surface area contributed by atoms with Crippen LogP contribution in [0.5, 0.6) is 0 Å². The Morgan fingerprint density at radius 3 is 0.878 bits per heavy atom. The number of aromatic nitrogens is 2. The zero-order chi connectivity index (χ0) is 56.0. The number of halogens is 24. The van der Waals surface area contributed by atoms with E-state index in [1.807, 2.05) is 18.5 Å². The first kappa shape index (κ1) is 58.5. The van der Waals surface area contributed by atoms with Crippen molar-refractivity contribution in [1.29, 1.82) is 0 Å². The molecule has 6 rings (SSSR count). The van der Waals surface area contributed by atoms with E-state index in [-0.39, 0.29) is 0 Å². The molecule has 0 fully saturated rings. The molecule has 0 aliphatic rings. The summed E-state index contributed by atoms with van der Waals surface area (Å²) in [6, 6.07) is 1.68. The molecule has 6 aromatic rings. The molecule has 0 radical (unpaired) electrons. The van der Waals surface area contributed by atoms with E-state index in [4.69, 9.17) is 0 Å². The van der Waals surface area contributed by atoms with Crippen molar-refractivity contribution >= 4 is 28.0 Å². The molecule has 0 unspecified atom stereocenters. The molecule has 74 heavy (non-hydrogen) atoms. The average molecular weight is 1090 g/mol. The lowest BCUT2D eigenvalue weighted by atomic mass is 9.12. The molecule has 0 amide bonds. The summed E-state index contributed by atoms with van der Waals surface area (Å²) >= 11 is 0. The van der Waals surface area contributed by atoms with Gasteiger partial charge in [-0.05, 0) is 36.6 Å². The third-order valence-electron chi connectivity index (χ3n) is 11.1. The predicted octanol–water partition coefficient (Wildman–Crippen LogP) is 13.8. The van der Waals surface area contributed by atoms with Crippen LogP contribution in [0.25, 0.3) is 0 Å². The standard InChI is InChI=1S/C32H12BF24.C15H19N2/c34-25(35,36)13-1-14(26(37,38)39)6-21(5-13)33(22-7-15(27(40,41)42)2-16(8-22)28(43,44)45,23-9-17(29(46,47)48)3-18(10-23)30(49,50)51)24-11-19(31(52,53)54)4-20(12-24)32(55,56)57;1-13(2)10-15-12-17(9-8-16-15)11-14-6-4-3-5-7-14/h1-12H;3-9,12-13H,10-11H2,1-2H3/q-1;+1. The Labute approximate surface area is 402 Å². The molecule has 0 N–H and O–H groups in total. The maximum absolute atomic E-state index is 14.2. The van der Waals surface area contributed by atoms with Crippen LogP contribution in [0.3, 0.4) is 0 Å².